The van der Waals surface area contributed by atoms with E-state index in [-0.39, 0.29) is 35.7 Å². The lowest BCUT2D eigenvalue weighted by atomic mass is 9.93. The van der Waals surface area contributed by atoms with E-state index < -0.39 is 23.8 Å². The van der Waals surface area contributed by atoms with Crippen LogP contribution in [0.4, 0.5) is 24.8 Å². The van der Waals surface area contributed by atoms with Crippen LogP contribution in [-0.4, -0.2) is 64.2 Å². The molecule has 35 heavy (non-hydrogen) atoms. The summed E-state index contributed by atoms with van der Waals surface area (Å²) in [5.74, 6) is -3.87. The molecule has 2 atom stereocenters. The number of piperidine rings is 1. The van der Waals surface area contributed by atoms with Crippen molar-refractivity contribution in [2.75, 3.05) is 36.4 Å². The minimum absolute atomic E-state index is 0.0494. The van der Waals surface area contributed by atoms with Gasteiger partial charge in [-0.25, -0.2) is 18.7 Å². The average Bonchev–Trinajstić information content (AvgIpc) is 3.63. The summed E-state index contributed by atoms with van der Waals surface area (Å²) in [4.78, 5) is 23.0. The maximum atomic E-state index is 15.4. The van der Waals surface area contributed by atoms with E-state index in [1.165, 1.54) is 18.5 Å². The van der Waals surface area contributed by atoms with Gasteiger partial charge >= 0.3 is 0 Å². The van der Waals surface area contributed by atoms with E-state index in [1.54, 1.807) is 17.0 Å². The van der Waals surface area contributed by atoms with E-state index in [0.717, 1.165) is 25.3 Å². The summed E-state index contributed by atoms with van der Waals surface area (Å²) in [6, 6.07) is 6.17. The van der Waals surface area contributed by atoms with Crippen molar-refractivity contribution in [3.63, 3.8) is 0 Å². The van der Waals surface area contributed by atoms with Gasteiger partial charge in [0.05, 0.1) is 12.6 Å². The highest BCUT2D eigenvalue weighted by Crippen LogP contribution is 2.35. The molecule has 0 radical (unpaired) electrons. The topological polar surface area (TPSA) is 108 Å². The van der Waals surface area contributed by atoms with Gasteiger partial charge < -0.3 is 21.1 Å². The fourth-order valence-electron chi connectivity index (χ4n) is 4.42. The minimum atomic E-state index is -2.92. The molecule has 1 amide bonds. The number of rotatable bonds is 10. The fourth-order valence-corrected chi connectivity index (χ4v) is 4.42. The number of nitrogens with one attached hydrogen (secondary N) is 1. The Morgan fingerprint density at radius 1 is 1.26 bits per heavy atom. The Morgan fingerprint density at radius 2 is 1.97 bits per heavy atom. The largest absolute Gasteiger partial charge is 0.391 e. The average molecular weight is 493 g/mol. The van der Waals surface area contributed by atoms with Crippen molar-refractivity contribution in [2.45, 2.75) is 50.8 Å². The van der Waals surface area contributed by atoms with E-state index in [0.29, 0.717) is 32.6 Å². The molecule has 0 unspecified atom stereocenters. The van der Waals surface area contributed by atoms with Crippen molar-refractivity contribution in [1.29, 1.82) is 0 Å². The lowest BCUT2D eigenvalue weighted by Crippen LogP contribution is -2.48. The number of aromatic nitrogens is 2. The second-order valence-electron chi connectivity index (χ2n) is 9.50. The van der Waals surface area contributed by atoms with Gasteiger partial charge in [-0.15, -0.1) is 0 Å². The smallest absolute Gasteiger partial charge is 0.270 e. The molecule has 8 nitrogen and oxygen atoms in total. The Balaban J connectivity index is 1.42. The molecular weight excluding hydrogens is 461 g/mol. The number of likely N-dealkylation sites (tertiary alicyclic amines) is 1. The predicted molar refractivity (Wildman–Crippen MR) is 125 cm³/mol. The minimum Gasteiger partial charge on any atom is -0.391 e. The molecule has 1 saturated heterocycles. The lowest BCUT2D eigenvalue weighted by Gasteiger charge is -2.35. The number of carbonyl (C=O) groups excluding carboxylic acids is 1. The molecular formula is C24H31F3N6O2. The Bertz CT molecular complexity index is 1030. The standard InChI is InChI=1S/C24H31F3N6O2/c1-24(26,27)17-4-2-15(3-5-17)11-33(18-6-7-18)23-21(25)22(30-14-31-23)29-10-16-8-9-32(12-19(16)34)13-20(28)35/h2-5,14,16,18-19,34H,6-13H2,1H3,(H2,28,35)(H,29,30,31)/t16-,19+/m1/s1. The Labute approximate surface area is 202 Å². The number of halogens is 3. The zero-order chi connectivity index (χ0) is 25.2. The van der Waals surface area contributed by atoms with Crippen LogP contribution in [0.2, 0.25) is 0 Å². The van der Waals surface area contributed by atoms with Gasteiger partial charge in [0.25, 0.3) is 5.92 Å². The fraction of sp³-hybridized carbons (Fsp3) is 0.542. The quantitative estimate of drug-likeness (QED) is 0.468. The van der Waals surface area contributed by atoms with Crippen LogP contribution >= 0.6 is 0 Å². The third-order valence-corrected chi connectivity index (χ3v) is 6.56. The summed E-state index contributed by atoms with van der Waals surface area (Å²) in [7, 11) is 0. The van der Waals surface area contributed by atoms with Gasteiger partial charge in [0.2, 0.25) is 11.7 Å². The monoisotopic (exact) mass is 492 g/mol. The number of β-amino-alcohol motifs (C(OH)–C–C–N with tert-alkyl or cyclic N) is 1. The molecule has 1 saturated carbocycles. The van der Waals surface area contributed by atoms with Crippen LogP contribution in [0.15, 0.2) is 30.6 Å². The van der Waals surface area contributed by atoms with Crippen molar-refractivity contribution >= 4 is 17.5 Å². The molecule has 1 aliphatic carbocycles. The molecule has 0 spiro atoms. The normalized spacial score (nSPS) is 21.1. The zero-order valence-electron chi connectivity index (χ0n) is 19.6. The number of anilines is 2. The van der Waals surface area contributed by atoms with Gasteiger partial charge in [-0.05, 0) is 31.4 Å². The number of primary amides is 1. The molecule has 2 heterocycles. The van der Waals surface area contributed by atoms with Crippen LogP contribution in [0.3, 0.4) is 0 Å². The molecule has 1 aromatic heterocycles. The molecule has 4 N–H and O–H groups in total. The molecule has 1 aromatic carbocycles. The van der Waals surface area contributed by atoms with Gasteiger partial charge in [0, 0.05) is 44.1 Å². The van der Waals surface area contributed by atoms with Crippen LogP contribution < -0.4 is 16.0 Å². The Hall–Kier alpha value is -2.92. The van der Waals surface area contributed by atoms with Crippen LogP contribution in [0, 0.1) is 11.7 Å². The number of carbonyl (C=O) groups is 1. The van der Waals surface area contributed by atoms with Gasteiger partial charge in [-0.1, -0.05) is 24.3 Å². The SMILES string of the molecule is CC(F)(F)c1ccc(CN(c2ncnc(NC[C@H]3CCN(CC(N)=O)C[C@@H]3O)c2F)C2CC2)cc1. The number of alkyl halides is 2. The van der Waals surface area contributed by atoms with Gasteiger partial charge in [0.1, 0.15) is 6.33 Å². The zero-order valence-corrected chi connectivity index (χ0v) is 19.6. The maximum absolute atomic E-state index is 15.4. The molecule has 4 rings (SSSR count). The molecule has 190 valence electrons. The summed E-state index contributed by atoms with van der Waals surface area (Å²) < 4.78 is 42.5. The molecule has 0 bridgehead atoms. The third-order valence-electron chi connectivity index (χ3n) is 6.56. The van der Waals surface area contributed by atoms with Crippen LogP contribution in [0.5, 0.6) is 0 Å². The predicted octanol–water partition coefficient (Wildman–Crippen LogP) is 2.48. The first kappa shape index (κ1) is 25.2. The summed E-state index contributed by atoms with van der Waals surface area (Å²) >= 11 is 0. The first-order valence-corrected chi connectivity index (χ1v) is 11.8. The number of aliphatic hydroxyl groups is 1. The number of hydrogen-bond donors (Lipinski definition) is 3. The van der Waals surface area contributed by atoms with Crippen LogP contribution in [0.25, 0.3) is 0 Å². The molecule has 1 aliphatic heterocycles. The first-order valence-electron chi connectivity index (χ1n) is 11.8. The molecule has 11 heteroatoms. The molecule has 2 aliphatic rings. The highest BCUT2D eigenvalue weighted by Gasteiger charge is 2.33. The number of amides is 1. The summed E-state index contributed by atoms with van der Waals surface area (Å²) in [5, 5.41) is 13.4. The van der Waals surface area contributed by atoms with E-state index in [2.05, 4.69) is 15.3 Å². The van der Waals surface area contributed by atoms with Crippen molar-refractivity contribution in [1.82, 2.24) is 14.9 Å². The summed E-state index contributed by atoms with van der Waals surface area (Å²) in [6.45, 7) is 2.54. The van der Waals surface area contributed by atoms with E-state index in [4.69, 9.17) is 5.73 Å². The van der Waals surface area contributed by atoms with Crippen molar-refractivity contribution in [2.24, 2.45) is 11.7 Å². The van der Waals surface area contributed by atoms with Crippen LogP contribution in [0.1, 0.15) is 37.3 Å². The summed E-state index contributed by atoms with van der Waals surface area (Å²) in [5.41, 5.74) is 5.94. The van der Waals surface area contributed by atoms with Crippen molar-refractivity contribution in [3.8, 4) is 0 Å². The summed E-state index contributed by atoms with van der Waals surface area (Å²) in [6.07, 6.45) is 3.03. The van der Waals surface area contributed by atoms with Gasteiger partial charge in [-0.2, -0.15) is 4.39 Å². The number of aliphatic hydroxyl groups excluding tert-OH is 1. The van der Waals surface area contributed by atoms with Crippen LogP contribution in [-0.2, 0) is 17.3 Å². The Morgan fingerprint density at radius 3 is 2.57 bits per heavy atom. The number of hydrogen-bond acceptors (Lipinski definition) is 7. The number of nitrogens with zero attached hydrogens (tertiary/aromatic N) is 4. The van der Waals surface area contributed by atoms with Gasteiger partial charge in [-0.3, -0.25) is 9.69 Å². The molecule has 2 fully saturated rings. The highest BCUT2D eigenvalue weighted by molar-refractivity contribution is 5.75. The van der Waals surface area contributed by atoms with E-state index in [1.807, 2.05) is 4.90 Å². The lowest BCUT2D eigenvalue weighted by molar-refractivity contribution is -0.120. The number of benzene rings is 1. The maximum Gasteiger partial charge on any atom is 0.270 e. The first-order chi connectivity index (χ1) is 16.6. The van der Waals surface area contributed by atoms with E-state index in [9.17, 15) is 18.7 Å². The van der Waals surface area contributed by atoms with Crippen molar-refractivity contribution in [3.05, 3.63) is 47.5 Å². The van der Waals surface area contributed by atoms with Gasteiger partial charge in [0.15, 0.2) is 11.6 Å². The molecule has 2 aromatic rings. The third kappa shape index (κ3) is 6.40. The second-order valence-corrected chi connectivity index (χ2v) is 9.50. The van der Waals surface area contributed by atoms with Crippen molar-refractivity contribution < 1.29 is 23.1 Å². The second kappa shape index (κ2) is 10.4. The highest BCUT2D eigenvalue weighted by atomic mass is 19.3. The number of nitrogens with two attached hydrogens (primary N) is 1. The Kier molecular flexibility index (Phi) is 7.46. The van der Waals surface area contributed by atoms with E-state index >= 15 is 4.39 Å².